The highest BCUT2D eigenvalue weighted by Gasteiger charge is 2.38. The number of rotatable bonds is 4. The van der Waals surface area contributed by atoms with E-state index in [0.717, 1.165) is 0 Å². The summed E-state index contributed by atoms with van der Waals surface area (Å²) in [5, 5.41) is 30.0. The van der Waals surface area contributed by atoms with Gasteiger partial charge in [0, 0.05) is 19.6 Å². The van der Waals surface area contributed by atoms with Crippen molar-refractivity contribution in [1.82, 2.24) is 16.0 Å². The van der Waals surface area contributed by atoms with E-state index in [1.807, 2.05) is 0 Å². The Balaban J connectivity index is 1.77. The van der Waals surface area contributed by atoms with Crippen molar-refractivity contribution in [1.29, 1.82) is 0 Å². The van der Waals surface area contributed by atoms with Gasteiger partial charge in [-0.25, -0.2) is 0 Å². The van der Waals surface area contributed by atoms with E-state index in [4.69, 9.17) is 17.0 Å². The van der Waals surface area contributed by atoms with Crippen molar-refractivity contribution in [3.05, 3.63) is 0 Å². The van der Waals surface area contributed by atoms with Crippen LogP contribution in [0, 0.1) is 0 Å². The normalized spacial score (nSPS) is 34.4. The molecule has 6 nitrogen and oxygen atoms in total. The zero-order valence-corrected chi connectivity index (χ0v) is 13.4. The van der Waals surface area contributed by atoms with Crippen LogP contribution in [-0.2, 0) is 4.74 Å². The molecule has 0 radical (unpaired) electrons. The first-order valence-corrected chi connectivity index (χ1v) is 8.22. The number of hydrogen-bond donors (Lipinski definition) is 5. The van der Waals surface area contributed by atoms with Crippen molar-refractivity contribution in [2.24, 2.45) is 0 Å². The summed E-state index contributed by atoms with van der Waals surface area (Å²) in [5.74, 6) is 0. The Hall–Kier alpha value is -0.470. The predicted octanol–water partition coefficient (Wildman–Crippen LogP) is -0.508. The SMILES string of the molecule is CNC(=S)NC1CO[C@H](CNC2CCCCC2)[C@@H](O)[C@@H]1O. The molecule has 0 aromatic heterocycles. The van der Waals surface area contributed by atoms with Crippen LogP contribution in [0.3, 0.4) is 0 Å². The molecule has 1 aliphatic carbocycles. The molecule has 0 aromatic carbocycles. The second-order valence-corrected chi connectivity index (χ2v) is 6.33. The molecule has 0 spiro atoms. The van der Waals surface area contributed by atoms with Gasteiger partial charge in [0.25, 0.3) is 0 Å². The van der Waals surface area contributed by atoms with E-state index in [2.05, 4.69) is 16.0 Å². The molecule has 1 saturated heterocycles. The molecule has 0 aromatic rings. The number of aliphatic hydroxyl groups excluding tert-OH is 2. The number of ether oxygens (including phenoxy) is 1. The predicted molar refractivity (Wildman–Crippen MR) is 85.2 cm³/mol. The average Bonchev–Trinajstić information content (AvgIpc) is 2.52. The molecule has 0 amide bonds. The third-order valence-electron chi connectivity index (χ3n) is 4.39. The zero-order valence-electron chi connectivity index (χ0n) is 12.5. The van der Waals surface area contributed by atoms with Gasteiger partial charge in [0.1, 0.15) is 12.2 Å². The van der Waals surface area contributed by atoms with Crippen molar-refractivity contribution in [2.75, 3.05) is 20.2 Å². The summed E-state index contributed by atoms with van der Waals surface area (Å²) in [4.78, 5) is 0. The van der Waals surface area contributed by atoms with Crippen LogP contribution in [0.1, 0.15) is 32.1 Å². The first kappa shape index (κ1) is 16.9. The zero-order chi connectivity index (χ0) is 15.2. The molecule has 4 atom stereocenters. The first-order chi connectivity index (χ1) is 10.1. The van der Waals surface area contributed by atoms with Crippen molar-refractivity contribution in [3.63, 3.8) is 0 Å². The molecule has 2 fully saturated rings. The quantitative estimate of drug-likeness (QED) is 0.447. The van der Waals surface area contributed by atoms with Crippen LogP contribution in [0.15, 0.2) is 0 Å². The molecule has 7 heteroatoms. The molecule has 21 heavy (non-hydrogen) atoms. The second-order valence-electron chi connectivity index (χ2n) is 5.93. The fraction of sp³-hybridized carbons (Fsp3) is 0.929. The minimum absolute atomic E-state index is 0.330. The molecule has 1 aliphatic heterocycles. The Kier molecular flexibility index (Phi) is 6.63. The fourth-order valence-electron chi connectivity index (χ4n) is 3.02. The molecule has 1 heterocycles. The molecule has 122 valence electrons. The lowest BCUT2D eigenvalue weighted by atomic mass is 9.94. The Bertz CT molecular complexity index is 339. The molecule has 0 bridgehead atoms. The highest BCUT2D eigenvalue weighted by Crippen LogP contribution is 2.19. The van der Waals surface area contributed by atoms with Crippen LogP contribution >= 0.6 is 12.2 Å². The summed E-state index contributed by atoms with van der Waals surface area (Å²) < 4.78 is 5.69. The monoisotopic (exact) mass is 317 g/mol. The van der Waals surface area contributed by atoms with Gasteiger partial charge in [0.15, 0.2) is 5.11 Å². The van der Waals surface area contributed by atoms with Crippen molar-refractivity contribution < 1.29 is 14.9 Å². The van der Waals surface area contributed by atoms with Gasteiger partial charge in [-0.2, -0.15) is 0 Å². The third kappa shape index (κ3) is 4.75. The summed E-state index contributed by atoms with van der Waals surface area (Å²) >= 11 is 5.01. The van der Waals surface area contributed by atoms with Crippen LogP contribution in [-0.4, -0.2) is 65.9 Å². The average molecular weight is 317 g/mol. The smallest absolute Gasteiger partial charge is 0.166 e. The summed E-state index contributed by atoms with van der Waals surface area (Å²) in [7, 11) is 1.71. The van der Waals surface area contributed by atoms with Crippen molar-refractivity contribution in [3.8, 4) is 0 Å². The van der Waals surface area contributed by atoms with E-state index in [0.29, 0.717) is 24.3 Å². The van der Waals surface area contributed by atoms with Crippen LogP contribution in [0.5, 0.6) is 0 Å². The highest BCUT2D eigenvalue weighted by atomic mass is 32.1. The van der Waals surface area contributed by atoms with Gasteiger partial charge in [-0.15, -0.1) is 0 Å². The van der Waals surface area contributed by atoms with Crippen LogP contribution in [0.25, 0.3) is 0 Å². The van der Waals surface area contributed by atoms with Gasteiger partial charge in [0.05, 0.1) is 18.8 Å². The Labute approximate surface area is 131 Å². The van der Waals surface area contributed by atoms with Crippen LogP contribution in [0.4, 0.5) is 0 Å². The molecule has 2 aliphatic rings. The minimum atomic E-state index is -0.910. The lowest BCUT2D eigenvalue weighted by Gasteiger charge is -2.39. The van der Waals surface area contributed by atoms with E-state index < -0.39 is 12.2 Å². The lowest BCUT2D eigenvalue weighted by Crippen LogP contribution is -2.62. The van der Waals surface area contributed by atoms with Crippen LogP contribution in [0.2, 0.25) is 0 Å². The summed E-state index contributed by atoms with van der Waals surface area (Å²) in [6.07, 6.45) is 4.05. The Morgan fingerprint density at radius 1 is 1.19 bits per heavy atom. The summed E-state index contributed by atoms with van der Waals surface area (Å²) in [6.45, 7) is 0.906. The Morgan fingerprint density at radius 2 is 1.90 bits per heavy atom. The summed E-state index contributed by atoms with van der Waals surface area (Å²) in [6, 6.07) is 0.130. The van der Waals surface area contributed by atoms with E-state index in [1.165, 1.54) is 32.1 Å². The van der Waals surface area contributed by atoms with E-state index in [-0.39, 0.29) is 12.1 Å². The number of aliphatic hydroxyl groups is 2. The maximum absolute atomic E-state index is 10.2. The maximum atomic E-state index is 10.2. The second kappa shape index (κ2) is 8.24. The van der Waals surface area contributed by atoms with Gasteiger partial charge in [-0.05, 0) is 25.1 Å². The Morgan fingerprint density at radius 3 is 2.57 bits per heavy atom. The molecule has 2 rings (SSSR count). The molecular formula is C14H27N3O3S. The first-order valence-electron chi connectivity index (χ1n) is 7.81. The standard InChI is InChI=1S/C14H27N3O3S/c1-15-14(21)17-10-8-20-11(13(19)12(10)18)7-16-9-5-3-2-4-6-9/h9-13,16,18-19H,2-8H2,1H3,(H2,15,17,21)/t10?,11-,12-,13-/m1/s1. The van der Waals surface area contributed by atoms with Crippen LogP contribution < -0.4 is 16.0 Å². The fourth-order valence-corrected chi connectivity index (χ4v) is 3.17. The van der Waals surface area contributed by atoms with Gasteiger partial charge in [0.2, 0.25) is 0 Å². The minimum Gasteiger partial charge on any atom is -0.388 e. The topological polar surface area (TPSA) is 85.8 Å². The number of thiocarbonyl (C=S) groups is 1. The molecular weight excluding hydrogens is 290 g/mol. The van der Waals surface area contributed by atoms with E-state index >= 15 is 0 Å². The van der Waals surface area contributed by atoms with Crippen molar-refractivity contribution >= 4 is 17.3 Å². The molecule has 1 saturated carbocycles. The largest absolute Gasteiger partial charge is 0.388 e. The molecule has 1 unspecified atom stereocenters. The summed E-state index contributed by atoms with van der Waals surface area (Å²) in [5.41, 5.74) is 0. The lowest BCUT2D eigenvalue weighted by molar-refractivity contribution is -0.146. The highest BCUT2D eigenvalue weighted by molar-refractivity contribution is 7.80. The van der Waals surface area contributed by atoms with Gasteiger partial charge in [-0.1, -0.05) is 19.3 Å². The van der Waals surface area contributed by atoms with Crippen molar-refractivity contribution in [2.45, 2.75) is 62.5 Å². The van der Waals surface area contributed by atoms with Gasteiger partial charge >= 0.3 is 0 Å². The van der Waals surface area contributed by atoms with E-state index in [1.54, 1.807) is 7.05 Å². The number of nitrogens with one attached hydrogen (secondary N) is 3. The molecule has 5 N–H and O–H groups in total. The van der Waals surface area contributed by atoms with Gasteiger partial charge < -0.3 is 30.9 Å². The van der Waals surface area contributed by atoms with Gasteiger partial charge in [-0.3, -0.25) is 0 Å². The maximum Gasteiger partial charge on any atom is 0.166 e. The third-order valence-corrected chi connectivity index (χ3v) is 4.71. The number of hydrogen-bond acceptors (Lipinski definition) is 5. The van der Waals surface area contributed by atoms with E-state index in [9.17, 15) is 10.2 Å².